The van der Waals surface area contributed by atoms with Crippen molar-refractivity contribution in [3.05, 3.63) is 35.9 Å². The van der Waals surface area contributed by atoms with E-state index in [1.807, 2.05) is 6.07 Å². The third-order valence-corrected chi connectivity index (χ3v) is 6.53. The Hall–Kier alpha value is -0.910. The van der Waals surface area contributed by atoms with Crippen LogP contribution < -0.4 is 0 Å². The molecule has 2 aliphatic rings. The second-order valence-corrected chi connectivity index (χ2v) is 8.29. The van der Waals surface area contributed by atoms with Gasteiger partial charge in [-0.2, -0.15) is 0 Å². The van der Waals surface area contributed by atoms with Crippen LogP contribution in [0.25, 0.3) is 0 Å². The van der Waals surface area contributed by atoms with Crippen molar-refractivity contribution in [2.75, 3.05) is 31.7 Å². The van der Waals surface area contributed by atoms with Gasteiger partial charge in [-0.3, -0.25) is 4.90 Å². The SMILES string of the molecule is CO[C@@H]1CS(=O)(=O)C[C@@H]1N1CCC(c2ccccc2)CC1. The summed E-state index contributed by atoms with van der Waals surface area (Å²) in [6.07, 6.45) is 2.02. The van der Waals surface area contributed by atoms with E-state index in [4.69, 9.17) is 4.74 Å². The molecule has 21 heavy (non-hydrogen) atoms. The number of methoxy groups -OCH3 is 1. The summed E-state index contributed by atoms with van der Waals surface area (Å²) in [5.41, 5.74) is 1.40. The van der Waals surface area contributed by atoms with Crippen LogP contribution in [0.2, 0.25) is 0 Å². The number of hydrogen-bond donors (Lipinski definition) is 0. The Morgan fingerprint density at radius 2 is 1.76 bits per heavy atom. The molecule has 0 amide bonds. The van der Waals surface area contributed by atoms with Gasteiger partial charge in [-0.1, -0.05) is 30.3 Å². The highest BCUT2D eigenvalue weighted by Gasteiger charge is 2.42. The molecule has 2 saturated heterocycles. The van der Waals surface area contributed by atoms with E-state index in [9.17, 15) is 8.42 Å². The van der Waals surface area contributed by atoms with Gasteiger partial charge in [-0.15, -0.1) is 0 Å². The van der Waals surface area contributed by atoms with E-state index in [-0.39, 0.29) is 23.7 Å². The van der Waals surface area contributed by atoms with E-state index < -0.39 is 9.84 Å². The summed E-state index contributed by atoms with van der Waals surface area (Å²) < 4.78 is 29.1. The first kappa shape index (κ1) is 15.0. The van der Waals surface area contributed by atoms with E-state index in [0.29, 0.717) is 5.92 Å². The zero-order valence-electron chi connectivity index (χ0n) is 12.4. The normalized spacial score (nSPS) is 30.5. The lowest BCUT2D eigenvalue weighted by Crippen LogP contribution is -2.47. The molecule has 1 aromatic rings. The minimum absolute atomic E-state index is 0.0386. The lowest BCUT2D eigenvalue weighted by molar-refractivity contribution is 0.0336. The minimum Gasteiger partial charge on any atom is -0.379 e. The van der Waals surface area contributed by atoms with Crippen LogP contribution in [0.1, 0.15) is 24.3 Å². The summed E-state index contributed by atoms with van der Waals surface area (Å²) in [5.74, 6) is 1.02. The van der Waals surface area contributed by atoms with Crippen LogP contribution in [-0.4, -0.2) is 57.2 Å². The Labute approximate surface area is 127 Å². The van der Waals surface area contributed by atoms with Crippen LogP contribution >= 0.6 is 0 Å². The van der Waals surface area contributed by atoms with Gasteiger partial charge in [0.1, 0.15) is 0 Å². The molecule has 0 aliphatic carbocycles. The smallest absolute Gasteiger partial charge is 0.154 e. The van der Waals surface area contributed by atoms with Crippen molar-refractivity contribution in [1.29, 1.82) is 0 Å². The molecule has 0 radical (unpaired) electrons. The molecule has 5 heteroatoms. The summed E-state index contributed by atoms with van der Waals surface area (Å²) in [5, 5.41) is 0. The number of ether oxygens (including phenoxy) is 1. The van der Waals surface area contributed by atoms with Gasteiger partial charge < -0.3 is 4.74 Å². The van der Waals surface area contributed by atoms with Crippen molar-refractivity contribution in [3.63, 3.8) is 0 Å². The van der Waals surface area contributed by atoms with E-state index >= 15 is 0 Å². The largest absolute Gasteiger partial charge is 0.379 e. The lowest BCUT2D eigenvalue weighted by Gasteiger charge is -2.37. The van der Waals surface area contributed by atoms with E-state index in [1.165, 1.54) is 5.56 Å². The van der Waals surface area contributed by atoms with Gasteiger partial charge in [0, 0.05) is 7.11 Å². The molecule has 2 atom stereocenters. The second kappa shape index (κ2) is 6.07. The Morgan fingerprint density at radius 1 is 1.10 bits per heavy atom. The van der Waals surface area contributed by atoms with Crippen LogP contribution in [-0.2, 0) is 14.6 Å². The molecule has 0 saturated carbocycles. The summed E-state index contributed by atoms with van der Waals surface area (Å²) in [4.78, 5) is 2.32. The van der Waals surface area contributed by atoms with Gasteiger partial charge >= 0.3 is 0 Å². The first-order valence-corrected chi connectivity index (χ1v) is 9.43. The van der Waals surface area contributed by atoms with Crippen LogP contribution in [0.4, 0.5) is 0 Å². The third kappa shape index (κ3) is 3.30. The highest BCUT2D eigenvalue weighted by Crippen LogP contribution is 2.31. The molecule has 0 spiro atoms. The molecular weight excluding hydrogens is 286 g/mol. The van der Waals surface area contributed by atoms with Crippen LogP contribution in [0, 0.1) is 0 Å². The molecule has 2 fully saturated rings. The van der Waals surface area contributed by atoms with Crippen LogP contribution in [0.3, 0.4) is 0 Å². The van der Waals surface area contributed by atoms with Crippen molar-refractivity contribution in [2.24, 2.45) is 0 Å². The fraction of sp³-hybridized carbons (Fsp3) is 0.625. The highest BCUT2D eigenvalue weighted by atomic mass is 32.2. The fourth-order valence-electron chi connectivity index (χ4n) is 3.65. The zero-order valence-corrected chi connectivity index (χ0v) is 13.3. The van der Waals surface area contributed by atoms with E-state index in [1.54, 1.807) is 7.11 Å². The lowest BCUT2D eigenvalue weighted by atomic mass is 9.89. The highest BCUT2D eigenvalue weighted by molar-refractivity contribution is 7.91. The summed E-state index contributed by atoms with van der Waals surface area (Å²) in [6.45, 7) is 1.92. The maximum atomic E-state index is 11.8. The first-order valence-electron chi connectivity index (χ1n) is 7.61. The van der Waals surface area contributed by atoms with Crippen molar-refractivity contribution >= 4 is 9.84 Å². The van der Waals surface area contributed by atoms with Gasteiger partial charge in [-0.25, -0.2) is 8.42 Å². The van der Waals surface area contributed by atoms with Gasteiger partial charge in [0.25, 0.3) is 0 Å². The number of benzene rings is 1. The summed E-state index contributed by atoms with van der Waals surface area (Å²) >= 11 is 0. The molecule has 2 aliphatic heterocycles. The number of sulfone groups is 1. The molecule has 3 rings (SSSR count). The van der Waals surface area contributed by atoms with Gasteiger partial charge in [0.15, 0.2) is 9.84 Å². The molecule has 1 aromatic carbocycles. The van der Waals surface area contributed by atoms with Gasteiger partial charge in [-0.05, 0) is 37.4 Å². The second-order valence-electron chi connectivity index (χ2n) is 6.14. The van der Waals surface area contributed by atoms with Crippen LogP contribution in [0.5, 0.6) is 0 Å². The molecule has 116 valence electrons. The standard InChI is InChI=1S/C16H23NO3S/c1-20-16-12-21(18,19)11-15(16)17-9-7-14(8-10-17)13-5-3-2-4-6-13/h2-6,14-16H,7-12H2,1H3/t15-,16+/m0/s1. The van der Waals surface area contributed by atoms with Crippen molar-refractivity contribution in [2.45, 2.75) is 30.9 Å². The summed E-state index contributed by atoms with van der Waals surface area (Å²) in [7, 11) is -1.32. The van der Waals surface area contributed by atoms with Gasteiger partial charge in [0.05, 0.1) is 23.7 Å². The third-order valence-electron chi connectivity index (χ3n) is 4.84. The Bertz CT molecular complexity index is 564. The average Bonchev–Trinajstić information content (AvgIpc) is 2.83. The van der Waals surface area contributed by atoms with Crippen molar-refractivity contribution < 1.29 is 13.2 Å². The van der Waals surface area contributed by atoms with Crippen LogP contribution in [0.15, 0.2) is 30.3 Å². The van der Waals surface area contributed by atoms with Gasteiger partial charge in [0.2, 0.25) is 0 Å². The first-order chi connectivity index (χ1) is 10.1. The molecule has 0 bridgehead atoms. The van der Waals surface area contributed by atoms with Crippen molar-refractivity contribution in [1.82, 2.24) is 4.90 Å². The van der Waals surface area contributed by atoms with Crippen molar-refractivity contribution in [3.8, 4) is 0 Å². The predicted molar refractivity (Wildman–Crippen MR) is 83.2 cm³/mol. The molecular formula is C16H23NO3S. The number of rotatable bonds is 3. The fourth-order valence-corrected chi connectivity index (χ4v) is 5.59. The maximum Gasteiger partial charge on any atom is 0.154 e. The Morgan fingerprint density at radius 3 is 2.38 bits per heavy atom. The maximum absolute atomic E-state index is 11.8. The van der Waals surface area contributed by atoms with E-state index in [0.717, 1.165) is 25.9 Å². The Kier molecular flexibility index (Phi) is 4.33. The zero-order chi connectivity index (χ0) is 14.9. The molecule has 2 heterocycles. The molecule has 0 N–H and O–H groups in total. The minimum atomic E-state index is -2.94. The monoisotopic (exact) mass is 309 g/mol. The average molecular weight is 309 g/mol. The quantitative estimate of drug-likeness (QED) is 0.852. The topological polar surface area (TPSA) is 46.6 Å². The summed E-state index contributed by atoms with van der Waals surface area (Å²) in [6, 6.07) is 10.6. The predicted octanol–water partition coefficient (Wildman–Crippen LogP) is 1.68. The molecule has 4 nitrogen and oxygen atoms in total. The number of piperidine rings is 1. The number of likely N-dealkylation sites (tertiary alicyclic amines) is 1. The number of hydrogen-bond acceptors (Lipinski definition) is 4. The number of nitrogens with zero attached hydrogens (tertiary/aromatic N) is 1. The van der Waals surface area contributed by atoms with E-state index in [2.05, 4.69) is 29.2 Å². The molecule has 0 aromatic heterocycles. The molecule has 0 unspecified atom stereocenters. The Balaban J connectivity index is 1.63.